The van der Waals surface area contributed by atoms with E-state index in [1.165, 1.54) is 4.31 Å². The summed E-state index contributed by atoms with van der Waals surface area (Å²) in [7, 11) is -3.81. The summed E-state index contributed by atoms with van der Waals surface area (Å²) in [4.78, 5) is 13.0. The highest BCUT2D eigenvalue weighted by molar-refractivity contribution is 7.93. The van der Waals surface area contributed by atoms with Crippen LogP contribution in [0.15, 0.2) is 41.3 Å². The summed E-state index contributed by atoms with van der Waals surface area (Å²) in [6.45, 7) is 8.58. The molecule has 162 valence electrons. The van der Waals surface area contributed by atoms with Gasteiger partial charge in [0, 0.05) is 17.7 Å². The minimum atomic E-state index is -3.81. The molecule has 1 heterocycles. The van der Waals surface area contributed by atoms with Crippen molar-refractivity contribution in [3.8, 4) is 11.1 Å². The summed E-state index contributed by atoms with van der Waals surface area (Å²) in [6.07, 6.45) is 4.34. The van der Waals surface area contributed by atoms with Crippen molar-refractivity contribution in [2.75, 3.05) is 17.4 Å². The van der Waals surface area contributed by atoms with E-state index >= 15 is 0 Å². The Labute approximate surface area is 180 Å². The second kappa shape index (κ2) is 9.21. The van der Waals surface area contributed by atoms with Gasteiger partial charge in [0.05, 0.1) is 10.6 Å². The molecule has 1 N–H and O–H groups in total. The molecule has 0 saturated carbocycles. The van der Waals surface area contributed by atoms with Gasteiger partial charge < -0.3 is 5.32 Å². The van der Waals surface area contributed by atoms with Crippen LogP contribution < -0.4 is 9.62 Å². The van der Waals surface area contributed by atoms with E-state index in [9.17, 15) is 13.2 Å². The van der Waals surface area contributed by atoms with Gasteiger partial charge in [0.1, 0.15) is 6.54 Å². The molecule has 1 amide bonds. The third-order valence-corrected chi connectivity index (χ3v) is 7.69. The monoisotopic (exact) mass is 428 g/mol. The van der Waals surface area contributed by atoms with Crippen LogP contribution in [0, 0.1) is 19.8 Å². The molecule has 0 saturated heterocycles. The predicted octanol–water partition coefficient (Wildman–Crippen LogP) is 4.81. The highest BCUT2D eigenvalue weighted by Gasteiger charge is 2.36. The summed E-state index contributed by atoms with van der Waals surface area (Å²) < 4.78 is 28.1. The number of nitrogens with one attached hydrogen (secondary N) is 1. The number of hydrogen-bond donors (Lipinski definition) is 1. The van der Waals surface area contributed by atoms with Crippen LogP contribution in [0.2, 0.25) is 0 Å². The first-order valence-corrected chi connectivity index (χ1v) is 12.2. The number of nitrogens with zero attached hydrogens (tertiary/aromatic N) is 1. The van der Waals surface area contributed by atoms with Gasteiger partial charge in [-0.05, 0) is 49.4 Å². The molecule has 0 bridgehead atoms. The van der Waals surface area contributed by atoms with E-state index in [0.717, 1.165) is 42.4 Å². The number of rotatable bonds is 8. The van der Waals surface area contributed by atoms with Crippen molar-refractivity contribution in [2.45, 2.75) is 58.3 Å². The first-order valence-electron chi connectivity index (χ1n) is 10.8. The fourth-order valence-electron chi connectivity index (χ4n) is 4.20. The number of benzene rings is 2. The van der Waals surface area contributed by atoms with E-state index in [1.807, 2.05) is 38.1 Å². The van der Waals surface area contributed by atoms with Crippen LogP contribution in [-0.4, -0.2) is 27.4 Å². The molecule has 1 unspecified atom stereocenters. The quantitative estimate of drug-likeness (QED) is 0.656. The molecular weight excluding hydrogens is 396 g/mol. The molecule has 0 radical (unpaired) electrons. The number of carbonyl (C=O) groups excluding carboxylic acids is 1. The first-order chi connectivity index (χ1) is 14.3. The number of anilines is 1. The Hall–Kier alpha value is -2.34. The number of fused-ring (bicyclic) bond motifs is 3. The van der Waals surface area contributed by atoms with Gasteiger partial charge in [-0.25, -0.2) is 8.42 Å². The zero-order chi connectivity index (χ0) is 21.9. The summed E-state index contributed by atoms with van der Waals surface area (Å²) >= 11 is 0. The van der Waals surface area contributed by atoms with Crippen LogP contribution in [0.3, 0.4) is 0 Å². The average Bonchev–Trinajstić information content (AvgIpc) is 2.71. The number of amides is 1. The van der Waals surface area contributed by atoms with E-state index in [0.29, 0.717) is 23.7 Å². The Morgan fingerprint density at radius 2 is 1.87 bits per heavy atom. The number of aryl methyl sites for hydroxylation is 2. The number of carbonyl (C=O) groups is 1. The maximum absolute atomic E-state index is 13.4. The molecule has 2 aromatic rings. The second-order valence-electron chi connectivity index (χ2n) is 8.20. The highest BCUT2D eigenvalue weighted by Crippen LogP contribution is 2.45. The minimum absolute atomic E-state index is 0.212. The van der Waals surface area contributed by atoms with Crippen molar-refractivity contribution in [3.63, 3.8) is 0 Å². The molecule has 1 atom stereocenters. The molecule has 1 aliphatic rings. The molecular formula is C24H32N2O3S. The van der Waals surface area contributed by atoms with E-state index in [4.69, 9.17) is 0 Å². The van der Waals surface area contributed by atoms with Crippen molar-refractivity contribution < 1.29 is 13.2 Å². The number of unbranched alkanes of at least 4 members (excludes halogenated alkanes) is 1. The van der Waals surface area contributed by atoms with Gasteiger partial charge in [-0.1, -0.05) is 57.4 Å². The lowest BCUT2D eigenvalue weighted by atomic mass is 9.96. The Kier molecular flexibility index (Phi) is 6.86. The van der Waals surface area contributed by atoms with E-state index in [-0.39, 0.29) is 17.3 Å². The maximum atomic E-state index is 13.4. The van der Waals surface area contributed by atoms with Crippen LogP contribution in [0.1, 0.15) is 50.7 Å². The number of hydrogen-bond acceptors (Lipinski definition) is 3. The van der Waals surface area contributed by atoms with E-state index < -0.39 is 10.0 Å². The topological polar surface area (TPSA) is 66.5 Å². The zero-order valence-corrected chi connectivity index (χ0v) is 19.2. The molecule has 30 heavy (non-hydrogen) atoms. The van der Waals surface area contributed by atoms with Gasteiger partial charge in [-0.2, -0.15) is 0 Å². The molecule has 6 heteroatoms. The summed E-state index contributed by atoms with van der Waals surface area (Å²) in [5, 5.41) is 2.97. The van der Waals surface area contributed by atoms with Crippen molar-refractivity contribution >= 4 is 21.6 Å². The Morgan fingerprint density at radius 1 is 1.13 bits per heavy atom. The minimum Gasteiger partial charge on any atom is -0.354 e. The lowest BCUT2D eigenvalue weighted by molar-refractivity contribution is -0.119. The van der Waals surface area contributed by atoms with Crippen LogP contribution in [0.25, 0.3) is 11.1 Å². The predicted molar refractivity (Wildman–Crippen MR) is 122 cm³/mol. The highest BCUT2D eigenvalue weighted by atomic mass is 32.2. The van der Waals surface area contributed by atoms with Crippen molar-refractivity contribution in [1.82, 2.24) is 5.32 Å². The molecule has 2 aromatic carbocycles. The third-order valence-electron chi connectivity index (χ3n) is 5.87. The van der Waals surface area contributed by atoms with Gasteiger partial charge in [0.15, 0.2) is 0 Å². The summed E-state index contributed by atoms with van der Waals surface area (Å²) in [5.41, 5.74) is 4.14. The average molecular weight is 429 g/mol. The van der Waals surface area contributed by atoms with Crippen molar-refractivity contribution in [2.24, 2.45) is 5.92 Å². The van der Waals surface area contributed by atoms with E-state index in [1.54, 1.807) is 12.1 Å². The SMILES string of the molecule is CCCCC(CC)CNC(=O)CN1c2cc(C)cc(C)c2-c2ccccc2S1(=O)=O. The Bertz CT molecular complexity index is 1030. The molecule has 0 aliphatic carbocycles. The van der Waals surface area contributed by atoms with Crippen LogP contribution in [-0.2, 0) is 14.8 Å². The molecule has 0 spiro atoms. The van der Waals surface area contributed by atoms with Crippen LogP contribution in [0.4, 0.5) is 5.69 Å². The Morgan fingerprint density at radius 3 is 2.57 bits per heavy atom. The molecule has 0 aromatic heterocycles. The lowest BCUT2D eigenvalue weighted by Gasteiger charge is -2.33. The summed E-state index contributed by atoms with van der Waals surface area (Å²) in [6, 6.07) is 10.9. The smallest absolute Gasteiger partial charge is 0.265 e. The zero-order valence-electron chi connectivity index (χ0n) is 18.4. The Balaban J connectivity index is 1.91. The van der Waals surface area contributed by atoms with Crippen LogP contribution >= 0.6 is 0 Å². The largest absolute Gasteiger partial charge is 0.354 e. The molecule has 1 aliphatic heterocycles. The fourth-order valence-corrected chi connectivity index (χ4v) is 5.82. The van der Waals surface area contributed by atoms with Gasteiger partial charge in [-0.3, -0.25) is 9.10 Å². The van der Waals surface area contributed by atoms with Gasteiger partial charge in [0.25, 0.3) is 10.0 Å². The van der Waals surface area contributed by atoms with Crippen molar-refractivity contribution in [3.05, 3.63) is 47.5 Å². The third kappa shape index (κ3) is 4.38. The molecule has 5 nitrogen and oxygen atoms in total. The normalized spacial score (nSPS) is 15.3. The standard InChI is InChI=1S/C24H32N2O3S/c1-5-7-10-19(6-2)15-25-23(27)16-26-21-14-17(3)13-18(4)24(21)20-11-8-9-12-22(20)30(26,28)29/h8-9,11-14,19H,5-7,10,15-16H2,1-4H3,(H,25,27). The lowest BCUT2D eigenvalue weighted by Crippen LogP contribution is -2.43. The van der Waals surface area contributed by atoms with Gasteiger partial charge >= 0.3 is 0 Å². The summed E-state index contributed by atoms with van der Waals surface area (Å²) in [5.74, 6) is 0.155. The van der Waals surface area contributed by atoms with Crippen LogP contribution in [0.5, 0.6) is 0 Å². The second-order valence-corrected chi connectivity index (χ2v) is 10.0. The molecule has 0 fully saturated rings. The van der Waals surface area contributed by atoms with Gasteiger partial charge in [0.2, 0.25) is 5.91 Å². The first kappa shape index (κ1) is 22.3. The van der Waals surface area contributed by atoms with Crippen molar-refractivity contribution in [1.29, 1.82) is 0 Å². The fraction of sp³-hybridized carbons (Fsp3) is 0.458. The number of sulfonamides is 1. The van der Waals surface area contributed by atoms with E-state index in [2.05, 4.69) is 19.2 Å². The van der Waals surface area contributed by atoms with Gasteiger partial charge in [-0.15, -0.1) is 0 Å². The molecule has 3 rings (SSSR count). The maximum Gasteiger partial charge on any atom is 0.265 e.